The summed E-state index contributed by atoms with van der Waals surface area (Å²) in [7, 11) is 0. The van der Waals surface area contributed by atoms with E-state index in [0.717, 1.165) is 24.1 Å². The van der Waals surface area contributed by atoms with E-state index in [1.54, 1.807) is 4.90 Å². The van der Waals surface area contributed by atoms with Crippen molar-refractivity contribution in [1.82, 2.24) is 15.1 Å². The first-order valence-corrected chi connectivity index (χ1v) is 7.23. The molecule has 1 unspecified atom stereocenters. The van der Waals surface area contributed by atoms with Gasteiger partial charge in [0.2, 0.25) is 0 Å². The number of aromatic nitrogens is 2. The van der Waals surface area contributed by atoms with Crippen LogP contribution >= 0.6 is 0 Å². The van der Waals surface area contributed by atoms with Crippen molar-refractivity contribution in [2.75, 3.05) is 13.1 Å². The maximum Gasteiger partial charge on any atom is 0.277 e. The van der Waals surface area contributed by atoms with E-state index in [2.05, 4.69) is 10.2 Å². The molecule has 1 saturated heterocycles. The third kappa shape index (κ3) is 2.75. The van der Waals surface area contributed by atoms with Crippen molar-refractivity contribution in [1.29, 1.82) is 0 Å². The molecule has 0 saturated carbocycles. The summed E-state index contributed by atoms with van der Waals surface area (Å²) in [6.07, 6.45) is 3.14. The molecule has 110 valence electrons. The highest BCUT2D eigenvalue weighted by molar-refractivity contribution is 5.95. The average Bonchev–Trinajstić information content (AvgIpc) is 2.46. The van der Waals surface area contributed by atoms with Crippen LogP contribution in [0.5, 0.6) is 0 Å². The minimum absolute atomic E-state index is 0.00402. The Bertz CT molecular complexity index is 553. The number of H-pyrrole nitrogens is 1. The van der Waals surface area contributed by atoms with Gasteiger partial charge in [0.25, 0.3) is 11.5 Å². The fraction of sp³-hybridized carbons (Fsp3) is 0.643. The highest BCUT2D eigenvalue weighted by atomic mass is 16.2. The van der Waals surface area contributed by atoms with Gasteiger partial charge in [0, 0.05) is 19.1 Å². The number of nitrogens with two attached hydrogens (primary N) is 1. The standard InChI is InChI=1S/C14H22N4O2/c1-3-10-11(4-2)16-17-13(19)12(10)14(20)18-7-5-6-9(15)8-18/h9H,3-8,15H2,1-2H3,(H,17,19). The van der Waals surface area contributed by atoms with Crippen LogP contribution in [0.25, 0.3) is 0 Å². The first-order chi connectivity index (χ1) is 9.58. The number of likely N-dealkylation sites (tertiary alicyclic amines) is 1. The molecule has 0 spiro atoms. The fourth-order valence-corrected chi connectivity index (χ4v) is 2.78. The minimum atomic E-state index is -0.400. The average molecular weight is 278 g/mol. The van der Waals surface area contributed by atoms with Crippen molar-refractivity contribution in [2.24, 2.45) is 5.73 Å². The zero-order valence-electron chi connectivity index (χ0n) is 12.1. The lowest BCUT2D eigenvalue weighted by molar-refractivity contribution is 0.0705. The number of amides is 1. The molecule has 20 heavy (non-hydrogen) atoms. The van der Waals surface area contributed by atoms with Gasteiger partial charge in [-0.1, -0.05) is 13.8 Å². The molecular formula is C14H22N4O2. The zero-order valence-corrected chi connectivity index (χ0v) is 12.1. The summed E-state index contributed by atoms with van der Waals surface area (Å²) in [6, 6.07) is 0.00402. The summed E-state index contributed by atoms with van der Waals surface area (Å²) in [5, 5.41) is 6.48. The Morgan fingerprint density at radius 2 is 2.20 bits per heavy atom. The Morgan fingerprint density at radius 1 is 1.45 bits per heavy atom. The van der Waals surface area contributed by atoms with Crippen molar-refractivity contribution in [3.63, 3.8) is 0 Å². The number of carbonyl (C=O) groups is 1. The minimum Gasteiger partial charge on any atom is -0.337 e. The predicted molar refractivity (Wildman–Crippen MR) is 76.7 cm³/mol. The lowest BCUT2D eigenvalue weighted by atomic mass is 10.0. The van der Waals surface area contributed by atoms with Gasteiger partial charge in [0.15, 0.2) is 0 Å². The third-order valence-electron chi connectivity index (χ3n) is 3.82. The summed E-state index contributed by atoms with van der Waals surface area (Å²) in [5.41, 5.74) is 7.31. The predicted octanol–water partition coefficient (Wildman–Crippen LogP) is 0.458. The largest absolute Gasteiger partial charge is 0.337 e. The Labute approximate surface area is 118 Å². The highest BCUT2D eigenvalue weighted by Gasteiger charge is 2.27. The van der Waals surface area contributed by atoms with E-state index < -0.39 is 5.56 Å². The normalized spacial score (nSPS) is 19.1. The molecule has 2 rings (SSSR count). The number of rotatable bonds is 3. The second-order valence-electron chi connectivity index (χ2n) is 5.21. The van der Waals surface area contributed by atoms with E-state index in [1.807, 2.05) is 13.8 Å². The Kier molecular flexibility index (Phi) is 4.54. The lowest BCUT2D eigenvalue weighted by Crippen LogP contribution is -2.47. The molecular weight excluding hydrogens is 256 g/mol. The van der Waals surface area contributed by atoms with Gasteiger partial charge in [-0.05, 0) is 31.2 Å². The van der Waals surface area contributed by atoms with E-state index in [9.17, 15) is 9.59 Å². The molecule has 3 N–H and O–H groups in total. The SMILES string of the molecule is CCc1n[nH]c(=O)c(C(=O)N2CCCC(N)C2)c1CC. The summed E-state index contributed by atoms with van der Waals surface area (Å²) in [6.45, 7) is 5.09. The van der Waals surface area contributed by atoms with Crippen LogP contribution in [0.3, 0.4) is 0 Å². The molecule has 0 radical (unpaired) electrons. The maximum absolute atomic E-state index is 12.6. The summed E-state index contributed by atoms with van der Waals surface area (Å²) < 4.78 is 0. The molecule has 2 heterocycles. The van der Waals surface area contributed by atoms with Gasteiger partial charge in [-0.3, -0.25) is 9.59 Å². The molecule has 0 aromatic carbocycles. The van der Waals surface area contributed by atoms with Crippen LogP contribution in [0.4, 0.5) is 0 Å². The fourth-order valence-electron chi connectivity index (χ4n) is 2.78. The van der Waals surface area contributed by atoms with Crippen molar-refractivity contribution in [2.45, 2.75) is 45.6 Å². The van der Waals surface area contributed by atoms with Crippen molar-refractivity contribution in [3.05, 3.63) is 27.2 Å². The first kappa shape index (κ1) is 14.7. The molecule has 1 fully saturated rings. The van der Waals surface area contributed by atoms with Crippen LogP contribution in [-0.4, -0.2) is 40.1 Å². The number of nitrogens with zero attached hydrogens (tertiary/aromatic N) is 2. The number of piperidine rings is 1. The maximum atomic E-state index is 12.6. The van der Waals surface area contributed by atoms with Gasteiger partial charge in [0.05, 0.1) is 5.69 Å². The number of nitrogens with one attached hydrogen (secondary N) is 1. The Hall–Kier alpha value is -1.69. The van der Waals surface area contributed by atoms with E-state index in [0.29, 0.717) is 25.9 Å². The second kappa shape index (κ2) is 6.17. The van der Waals surface area contributed by atoms with E-state index in [-0.39, 0.29) is 17.5 Å². The van der Waals surface area contributed by atoms with Crippen LogP contribution in [0.2, 0.25) is 0 Å². The summed E-state index contributed by atoms with van der Waals surface area (Å²) >= 11 is 0. The van der Waals surface area contributed by atoms with Crippen LogP contribution in [0.15, 0.2) is 4.79 Å². The molecule has 1 aliphatic rings. The van der Waals surface area contributed by atoms with Crippen molar-refractivity contribution < 1.29 is 4.79 Å². The molecule has 0 aliphatic carbocycles. The smallest absolute Gasteiger partial charge is 0.277 e. The molecule has 0 bridgehead atoms. The number of aromatic amines is 1. The van der Waals surface area contributed by atoms with Crippen LogP contribution in [0, 0.1) is 0 Å². The van der Waals surface area contributed by atoms with Crippen LogP contribution in [-0.2, 0) is 12.8 Å². The quantitative estimate of drug-likeness (QED) is 0.840. The number of hydrogen-bond donors (Lipinski definition) is 2. The second-order valence-corrected chi connectivity index (χ2v) is 5.21. The Morgan fingerprint density at radius 3 is 2.80 bits per heavy atom. The third-order valence-corrected chi connectivity index (χ3v) is 3.82. The van der Waals surface area contributed by atoms with Gasteiger partial charge in [0.1, 0.15) is 5.56 Å². The van der Waals surface area contributed by atoms with Crippen molar-refractivity contribution >= 4 is 5.91 Å². The number of aryl methyl sites for hydroxylation is 1. The molecule has 6 nitrogen and oxygen atoms in total. The lowest BCUT2D eigenvalue weighted by Gasteiger charge is -2.31. The van der Waals surface area contributed by atoms with Gasteiger partial charge in [-0.25, -0.2) is 5.10 Å². The van der Waals surface area contributed by atoms with E-state index in [4.69, 9.17) is 5.73 Å². The van der Waals surface area contributed by atoms with Gasteiger partial charge < -0.3 is 10.6 Å². The molecule has 1 aromatic rings. The molecule has 1 amide bonds. The first-order valence-electron chi connectivity index (χ1n) is 7.23. The zero-order chi connectivity index (χ0) is 14.7. The molecule has 6 heteroatoms. The number of hydrogen-bond acceptors (Lipinski definition) is 4. The van der Waals surface area contributed by atoms with E-state index in [1.165, 1.54) is 0 Å². The van der Waals surface area contributed by atoms with Crippen LogP contribution < -0.4 is 11.3 Å². The topological polar surface area (TPSA) is 92.1 Å². The summed E-state index contributed by atoms with van der Waals surface area (Å²) in [4.78, 5) is 26.4. The molecule has 1 atom stereocenters. The molecule has 1 aliphatic heterocycles. The van der Waals surface area contributed by atoms with Crippen LogP contribution in [0.1, 0.15) is 48.3 Å². The van der Waals surface area contributed by atoms with E-state index >= 15 is 0 Å². The van der Waals surface area contributed by atoms with Gasteiger partial charge in [-0.15, -0.1) is 0 Å². The van der Waals surface area contributed by atoms with Gasteiger partial charge in [-0.2, -0.15) is 5.10 Å². The van der Waals surface area contributed by atoms with Gasteiger partial charge >= 0.3 is 0 Å². The monoisotopic (exact) mass is 278 g/mol. The molecule has 1 aromatic heterocycles. The highest BCUT2D eigenvalue weighted by Crippen LogP contribution is 2.16. The summed E-state index contributed by atoms with van der Waals surface area (Å²) in [5.74, 6) is -0.213. The number of carbonyl (C=O) groups excluding carboxylic acids is 1. The Balaban J connectivity index is 2.40. The van der Waals surface area contributed by atoms with Crippen molar-refractivity contribution in [3.8, 4) is 0 Å².